The molecule has 0 saturated heterocycles. The van der Waals surface area contributed by atoms with Crippen LogP contribution in [0.5, 0.6) is 0 Å². The number of fused-ring (bicyclic) bond motifs is 2. The van der Waals surface area contributed by atoms with Gasteiger partial charge >= 0.3 is 6.18 Å². The fourth-order valence-electron chi connectivity index (χ4n) is 4.31. The van der Waals surface area contributed by atoms with E-state index >= 15 is 0 Å². The average Bonchev–Trinajstić information content (AvgIpc) is 3.22. The van der Waals surface area contributed by atoms with Gasteiger partial charge in [0.05, 0.1) is 5.56 Å². The molecule has 2 aliphatic carbocycles. The Kier molecular flexibility index (Phi) is 4.59. The third kappa shape index (κ3) is 3.58. The molecule has 0 aliphatic heterocycles. The summed E-state index contributed by atoms with van der Waals surface area (Å²) in [5.74, 6) is -4.26. The van der Waals surface area contributed by atoms with Gasteiger partial charge in [-0.05, 0) is 66.6 Å². The lowest BCUT2D eigenvalue weighted by Crippen LogP contribution is -2.18. The van der Waals surface area contributed by atoms with Gasteiger partial charge in [0.25, 0.3) is 0 Å². The molecular formula is C22H15F7. The Morgan fingerprint density at radius 1 is 0.897 bits per heavy atom. The summed E-state index contributed by atoms with van der Waals surface area (Å²) in [5, 5.41) is 0. The Bertz CT molecular complexity index is 986. The second kappa shape index (κ2) is 6.75. The number of hydrogen-bond donors (Lipinski definition) is 0. The maximum Gasteiger partial charge on any atom is 0.409 e. The molecule has 2 atom stereocenters. The number of alkyl halides is 3. The van der Waals surface area contributed by atoms with Crippen LogP contribution >= 0.6 is 0 Å². The predicted molar refractivity (Wildman–Crippen MR) is 95.0 cm³/mol. The molecule has 1 saturated carbocycles. The molecule has 2 aliphatic rings. The maximum atomic E-state index is 14.8. The van der Waals surface area contributed by atoms with Crippen molar-refractivity contribution in [1.29, 1.82) is 0 Å². The summed E-state index contributed by atoms with van der Waals surface area (Å²) in [5.41, 5.74) is -1.93. The summed E-state index contributed by atoms with van der Waals surface area (Å²) < 4.78 is 94.6. The first-order chi connectivity index (χ1) is 13.6. The van der Waals surface area contributed by atoms with Crippen molar-refractivity contribution in [2.75, 3.05) is 0 Å². The van der Waals surface area contributed by atoms with Gasteiger partial charge < -0.3 is 0 Å². The second-order valence-corrected chi connectivity index (χ2v) is 7.56. The molecule has 0 radical (unpaired) electrons. The highest BCUT2D eigenvalue weighted by molar-refractivity contribution is 5.68. The normalized spacial score (nSPS) is 23.5. The van der Waals surface area contributed by atoms with Gasteiger partial charge in [-0.15, -0.1) is 0 Å². The zero-order chi connectivity index (χ0) is 21.0. The van der Waals surface area contributed by atoms with Crippen LogP contribution < -0.4 is 0 Å². The van der Waals surface area contributed by atoms with Gasteiger partial charge in [-0.1, -0.05) is 12.2 Å². The van der Waals surface area contributed by atoms with Crippen molar-refractivity contribution in [2.45, 2.75) is 30.9 Å². The molecule has 4 rings (SSSR count). The first-order valence-corrected chi connectivity index (χ1v) is 9.02. The zero-order valence-corrected chi connectivity index (χ0v) is 15.0. The Labute approximate surface area is 162 Å². The van der Waals surface area contributed by atoms with E-state index in [1.807, 2.05) is 12.2 Å². The van der Waals surface area contributed by atoms with Crippen LogP contribution in [0.4, 0.5) is 30.7 Å². The van der Waals surface area contributed by atoms with Gasteiger partial charge in [0.2, 0.25) is 0 Å². The largest absolute Gasteiger partial charge is 0.409 e. The summed E-state index contributed by atoms with van der Waals surface area (Å²) in [4.78, 5) is 0. The van der Waals surface area contributed by atoms with Gasteiger partial charge in [0.15, 0.2) is 0 Å². The van der Waals surface area contributed by atoms with E-state index in [1.54, 1.807) is 0 Å². The average molecular weight is 412 g/mol. The van der Waals surface area contributed by atoms with Crippen molar-refractivity contribution in [1.82, 2.24) is 0 Å². The highest BCUT2D eigenvalue weighted by Gasteiger charge is 2.42. The van der Waals surface area contributed by atoms with Crippen molar-refractivity contribution in [3.63, 3.8) is 0 Å². The number of halogens is 7. The van der Waals surface area contributed by atoms with E-state index in [0.29, 0.717) is 23.6 Å². The second-order valence-electron chi connectivity index (χ2n) is 7.56. The van der Waals surface area contributed by atoms with E-state index in [1.165, 1.54) is 12.1 Å². The molecule has 0 N–H and O–H groups in total. The number of benzene rings is 2. The molecule has 2 bridgehead atoms. The number of allylic oxidation sites excluding steroid dienone is 3. The van der Waals surface area contributed by atoms with Crippen molar-refractivity contribution in [2.24, 2.45) is 5.92 Å². The first-order valence-electron chi connectivity index (χ1n) is 9.02. The molecule has 1 unspecified atom stereocenters. The summed E-state index contributed by atoms with van der Waals surface area (Å²) >= 11 is 0. The highest BCUT2D eigenvalue weighted by atomic mass is 19.4. The summed E-state index contributed by atoms with van der Waals surface area (Å²) in [6.45, 7) is 0. The Morgan fingerprint density at radius 2 is 1.52 bits per heavy atom. The molecule has 2 aromatic carbocycles. The van der Waals surface area contributed by atoms with Gasteiger partial charge in [-0.3, -0.25) is 0 Å². The minimum atomic E-state index is -4.75. The van der Waals surface area contributed by atoms with E-state index in [0.717, 1.165) is 19.3 Å². The van der Waals surface area contributed by atoms with Crippen LogP contribution in [0.1, 0.15) is 30.4 Å². The smallest absolute Gasteiger partial charge is 0.206 e. The molecule has 7 heteroatoms. The summed E-state index contributed by atoms with van der Waals surface area (Å²) in [6.07, 6.45) is 1.65. The quantitative estimate of drug-likeness (QED) is 0.373. The van der Waals surface area contributed by atoms with E-state index < -0.39 is 51.6 Å². The fraction of sp³-hybridized carbons (Fsp3) is 0.273. The molecule has 0 aromatic heterocycles. The van der Waals surface area contributed by atoms with Crippen LogP contribution in [0.25, 0.3) is 17.2 Å². The topological polar surface area (TPSA) is 0 Å². The minimum Gasteiger partial charge on any atom is -0.206 e. The predicted octanol–water partition coefficient (Wildman–Crippen LogP) is 7.09. The van der Waals surface area contributed by atoms with Crippen LogP contribution in [-0.4, -0.2) is 6.18 Å². The van der Waals surface area contributed by atoms with Crippen molar-refractivity contribution >= 4 is 6.08 Å². The van der Waals surface area contributed by atoms with E-state index in [2.05, 4.69) is 0 Å². The Balaban J connectivity index is 1.74. The Morgan fingerprint density at radius 3 is 1.97 bits per heavy atom. The SMILES string of the molecule is Fc1cc(-c2c(F)cc([C@@]34C=CC(CC3)C4)cc2F)cc(F)c1/C=C/C(F)(F)F. The van der Waals surface area contributed by atoms with Crippen molar-refractivity contribution in [3.8, 4) is 11.1 Å². The molecule has 29 heavy (non-hydrogen) atoms. The van der Waals surface area contributed by atoms with Crippen molar-refractivity contribution in [3.05, 3.63) is 76.9 Å². The zero-order valence-electron chi connectivity index (χ0n) is 15.0. The third-order valence-electron chi connectivity index (χ3n) is 5.70. The molecular weight excluding hydrogens is 397 g/mol. The highest BCUT2D eigenvalue weighted by Crippen LogP contribution is 2.51. The third-order valence-corrected chi connectivity index (χ3v) is 5.70. The lowest BCUT2D eigenvalue weighted by molar-refractivity contribution is -0.0790. The van der Waals surface area contributed by atoms with Gasteiger partial charge in [0.1, 0.15) is 23.3 Å². The van der Waals surface area contributed by atoms with Crippen molar-refractivity contribution < 1.29 is 30.7 Å². The fourth-order valence-corrected chi connectivity index (χ4v) is 4.31. The maximum absolute atomic E-state index is 14.8. The van der Waals surface area contributed by atoms with Crippen LogP contribution in [0.15, 0.2) is 42.5 Å². The number of hydrogen-bond acceptors (Lipinski definition) is 0. The summed E-state index contributed by atoms with van der Waals surface area (Å²) in [7, 11) is 0. The molecule has 0 spiro atoms. The molecule has 152 valence electrons. The van der Waals surface area contributed by atoms with Gasteiger partial charge in [-0.25, -0.2) is 17.6 Å². The monoisotopic (exact) mass is 412 g/mol. The van der Waals surface area contributed by atoms with Crippen LogP contribution in [0, 0.1) is 29.2 Å². The number of rotatable bonds is 3. The van der Waals surface area contributed by atoms with Gasteiger partial charge in [-0.2, -0.15) is 13.2 Å². The van der Waals surface area contributed by atoms with Crippen LogP contribution in [0.2, 0.25) is 0 Å². The van der Waals surface area contributed by atoms with E-state index in [9.17, 15) is 30.7 Å². The van der Waals surface area contributed by atoms with Crippen LogP contribution in [-0.2, 0) is 5.41 Å². The molecule has 2 aromatic rings. The Hall–Kier alpha value is -2.57. The van der Waals surface area contributed by atoms with E-state index in [4.69, 9.17) is 0 Å². The molecule has 0 nitrogen and oxygen atoms in total. The molecule has 0 amide bonds. The molecule has 1 fully saturated rings. The molecule has 0 heterocycles. The van der Waals surface area contributed by atoms with E-state index in [-0.39, 0.29) is 12.2 Å². The lowest BCUT2D eigenvalue weighted by atomic mass is 9.79. The minimum absolute atomic E-state index is 0.242. The van der Waals surface area contributed by atoms with Crippen LogP contribution in [0.3, 0.4) is 0 Å². The lowest BCUT2D eigenvalue weighted by Gasteiger charge is -2.25. The standard InChI is InChI=1S/C22H15F7/c23-16-7-13(8-17(24)15(16)3-6-22(27,28)29)20-18(25)9-14(10-19(20)26)21-4-1-12(11-21)2-5-21/h1,3-4,6-10,12H,2,5,11H2/b6-3+/t12?,21-/m0/s1. The summed E-state index contributed by atoms with van der Waals surface area (Å²) in [6, 6.07) is 3.59. The first kappa shape index (κ1) is 19.7. The van der Waals surface area contributed by atoms with Gasteiger partial charge in [0, 0.05) is 17.1 Å².